The highest BCUT2D eigenvalue weighted by Gasteiger charge is 2.27. The van der Waals surface area contributed by atoms with Crippen molar-refractivity contribution in [2.75, 3.05) is 6.61 Å². The van der Waals surface area contributed by atoms with Gasteiger partial charge in [0.2, 0.25) is 0 Å². The van der Waals surface area contributed by atoms with E-state index in [1.807, 2.05) is 55.1 Å². The topological polar surface area (TPSA) is 77.0 Å². The molecule has 2 aromatic heterocycles. The number of nitrogens with zero attached hydrogens (tertiary/aromatic N) is 2. The number of carbonyl (C=O) groups is 2. The van der Waals surface area contributed by atoms with E-state index in [0.29, 0.717) is 29.1 Å². The third kappa shape index (κ3) is 4.15. The van der Waals surface area contributed by atoms with Crippen LogP contribution in [-0.2, 0) is 11.8 Å². The third-order valence-corrected chi connectivity index (χ3v) is 5.99. The Morgan fingerprint density at radius 2 is 1.93 bits per heavy atom. The average Bonchev–Trinajstić information content (AvgIpc) is 3.21. The van der Waals surface area contributed by atoms with Crippen LogP contribution < -0.4 is 0 Å². The molecular formula is C22H25N3O3S. The SMILES string of the molecule is CCOC(=O)c1c(C)[nH]c(C(=O)C(C)Sc2ncc(-c3ccccc3)n2C)c1C. The van der Waals surface area contributed by atoms with Crippen LogP contribution in [0.15, 0.2) is 41.7 Å². The Labute approximate surface area is 174 Å². The van der Waals surface area contributed by atoms with E-state index in [2.05, 4.69) is 9.97 Å². The number of aryl methyl sites for hydroxylation is 1. The Bertz CT molecular complexity index is 1040. The molecule has 0 spiro atoms. The molecule has 152 valence electrons. The second-order valence-electron chi connectivity index (χ2n) is 6.82. The summed E-state index contributed by atoms with van der Waals surface area (Å²) in [4.78, 5) is 32.8. The molecule has 7 heteroatoms. The van der Waals surface area contributed by atoms with Crippen LogP contribution in [0.1, 0.15) is 46.0 Å². The van der Waals surface area contributed by atoms with E-state index < -0.39 is 5.97 Å². The fourth-order valence-electron chi connectivity index (χ4n) is 3.30. The van der Waals surface area contributed by atoms with Crippen LogP contribution in [0.25, 0.3) is 11.3 Å². The molecule has 1 atom stereocenters. The second kappa shape index (κ2) is 8.69. The Balaban J connectivity index is 1.81. The number of aromatic amines is 1. The lowest BCUT2D eigenvalue weighted by molar-refractivity contribution is 0.0525. The zero-order valence-electron chi connectivity index (χ0n) is 17.3. The van der Waals surface area contributed by atoms with Gasteiger partial charge in [0.1, 0.15) is 0 Å². The molecule has 3 rings (SSSR count). The fraction of sp³-hybridized carbons (Fsp3) is 0.318. The van der Waals surface area contributed by atoms with Crippen molar-refractivity contribution in [2.45, 2.75) is 38.1 Å². The lowest BCUT2D eigenvalue weighted by Gasteiger charge is -2.11. The van der Waals surface area contributed by atoms with Gasteiger partial charge in [0.15, 0.2) is 10.9 Å². The molecule has 1 unspecified atom stereocenters. The predicted molar refractivity (Wildman–Crippen MR) is 115 cm³/mol. The van der Waals surface area contributed by atoms with Gasteiger partial charge in [0.25, 0.3) is 0 Å². The summed E-state index contributed by atoms with van der Waals surface area (Å²) in [5.74, 6) is -0.481. The lowest BCUT2D eigenvalue weighted by atomic mass is 10.1. The highest BCUT2D eigenvalue weighted by atomic mass is 32.2. The average molecular weight is 412 g/mol. The monoisotopic (exact) mass is 411 g/mol. The number of ketones is 1. The zero-order chi connectivity index (χ0) is 21.1. The number of esters is 1. The molecule has 0 aliphatic rings. The number of imidazole rings is 1. The number of hydrogen-bond acceptors (Lipinski definition) is 5. The molecule has 0 saturated heterocycles. The first-order valence-electron chi connectivity index (χ1n) is 9.49. The normalized spacial score (nSPS) is 12.0. The maximum Gasteiger partial charge on any atom is 0.340 e. The number of benzene rings is 1. The molecule has 0 aliphatic carbocycles. The molecule has 1 N–H and O–H groups in total. The minimum absolute atomic E-state index is 0.0737. The van der Waals surface area contributed by atoms with E-state index in [0.717, 1.165) is 16.4 Å². The highest BCUT2D eigenvalue weighted by molar-refractivity contribution is 8.00. The first kappa shape index (κ1) is 20.9. The van der Waals surface area contributed by atoms with E-state index >= 15 is 0 Å². The Hall–Kier alpha value is -2.80. The lowest BCUT2D eigenvalue weighted by Crippen LogP contribution is -2.16. The smallest absolute Gasteiger partial charge is 0.340 e. The molecule has 2 heterocycles. The molecular weight excluding hydrogens is 386 g/mol. The van der Waals surface area contributed by atoms with Crippen molar-refractivity contribution in [2.24, 2.45) is 7.05 Å². The van der Waals surface area contributed by atoms with Crippen LogP contribution in [0.2, 0.25) is 0 Å². The maximum atomic E-state index is 13.1. The molecule has 0 fully saturated rings. The number of rotatable bonds is 7. The predicted octanol–water partition coefficient (Wildman–Crippen LogP) is 4.57. The minimum atomic E-state index is -0.408. The van der Waals surface area contributed by atoms with Crippen molar-refractivity contribution >= 4 is 23.5 Å². The molecule has 0 bridgehead atoms. The van der Waals surface area contributed by atoms with Gasteiger partial charge in [-0.1, -0.05) is 42.1 Å². The van der Waals surface area contributed by atoms with E-state index in [9.17, 15) is 9.59 Å². The van der Waals surface area contributed by atoms with Gasteiger partial charge < -0.3 is 14.3 Å². The standard InChI is InChI=1S/C22H25N3O3S/c1-6-28-21(27)18-13(2)19(24-14(18)3)20(26)15(4)29-22-23-12-17(25(22)5)16-10-8-7-9-11-16/h7-12,15,24H,6H2,1-5H3. The number of ether oxygens (including phenoxy) is 1. The minimum Gasteiger partial charge on any atom is -0.462 e. The van der Waals surface area contributed by atoms with Gasteiger partial charge >= 0.3 is 5.97 Å². The van der Waals surface area contributed by atoms with Crippen molar-refractivity contribution in [3.8, 4) is 11.3 Å². The quantitative estimate of drug-likeness (QED) is 0.350. The number of hydrogen-bond donors (Lipinski definition) is 1. The number of aromatic nitrogens is 3. The van der Waals surface area contributed by atoms with Crippen LogP contribution in [0.3, 0.4) is 0 Å². The van der Waals surface area contributed by atoms with E-state index in [1.165, 1.54) is 11.8 Å². The summed E-state index contributed by atoms with van der Waals surface area (Å²) in [5, 5.41) is 0.391. The summed E-state index contributed by atoms with van der Waals surface area (Å²) in [7, 11) is 1.94. The maximum absolute atomic E-state index is 13.1. The van der Waals surface area contributed by atoms with Gasteiger partial charge in [-0.3, -0.25) is 4.79 Å². The second-order valence-corrected chi connectivity index (χ2v) is 8.13. The summed E-state index contributed by atoms with van der Waals surface area (Å²) in [6, 6.07) is 10.0. The molecule has 0 radical (unpaired) electrons. The summed E-state index contributed by atoms with van der Waals surface area (Å²) in [6.45, 7) is 7.45. The summed E-state index contributed by atoms with van der Waals surface area (Å²) >= 11 is 1.40. The zero-order valence-corrected chi connectivity index (χ0v) is 18.1. The van der Waals surface area contributed by atoms with Crippen molar-refractivity contribution in [3.05, 3.63) is 59.0 Å². The van der Waals surface area contributed by atoms with Crippen LogP contribution in [-0.4, -0.2) is 38.1 Å². The van der Waals surface area contributed by atoms with E-state index in [1.54, 1.807) is 20.8 Å². The molecule has 3 aromatic rings. The van der Waals surface area contributed by atoms with Gasteiger partial charge in [-0.05, 0) is 38.8 Å². The highest BCUT2D eigenvalue weighted by Crippen LogP contribution is 2.30. The van der Waals surface area contributed by atoms with Crippen molar-refractivity contribution in [3.63, 3.8) is 0 Å². The van der Waals surface area contributed by atoms with Gasteiger partial charge in [-0.25, -0.2) is 9.78 Å². The molecule has 0 aliphatic heterocycles. The van der Waals surface area contributed by atoms with Crippen LogP contribution in [0.5, 0.6) is 0 Å². The first-order chi connectivity index (χ1) is 13.8. The molecule has 0 saturated carbocycles. The fourth-order valence-corrected chi connectivity index (χ4v) is 4.21. The summed E-state index contributed by atoms with van der Waals surface area (Å²) in [5.41, 5.74) is 4.22. The molecule has 0 amide bonds. The summed E-state index contributed by atoms with van der Waals surface area (Å²) < 4.78 is 7.10. The number of thioether (sulfide) groups is 1. The first-order valence-corrected chi connectivity index (χ1v) is 10.4. The van der Waals surface area contributed by atoms with Crippen LogP contribution >= 0.6 is 11.8 Å². The van der Waals surface area contributed by atoms with E-state index in [-0.39, 0.29) is 11.0 Å². The van der Waals surface area contributed by atoms with Crippen molar-refractivity contribution < 1.29 is 14.3 Å². The van der Waals surface area contributed by atoms with Crippen molar-refractivity contribution in [1.82, 2.24) is 14.5 Å². The largest absolute Gasteiger partial charge is 0.462 e. The van der Waals surface area contributed by atoms with Gasteiger partial charge in [-0.2, -0.15) is 0 Å². The van der Waals surface area contributed by atoms with Gasteiger partial charge in [0.05, 0.1) is 35.0 Å². The molecule has 1 aromatic carbocycles. The van der Waals surface area contributed by atoms with Gasteiger partial charge in [0, 0.05) is 12.7 Å². The Morgan fingerprint density at radius 1 is 1.24 bits per heavy atom. The van der Waals surface area contributed by atoms with Crippen molar-refractivity contribution in [1.29, 1.82) is 0 Å². The number of Topliss-reactive ketones (excluding diaryl/α,β-unsaturated/α-hetero) is 1. The molecule has 6 nitrogen and oxygen atoms in total. The van der Waals surface area contributed by atoms with Crippen LogP contribution in [0.4, 0.5) is 0 Å². The Morgan fingerprint density at radius 3 is 2.59 bits per heavy atom. The third-order valence-electron chi connectivity index (χ3n) is 4.83. The van der Waals surface area contributed by atoms with E-state index in [4.69, 9.17) is 4.74 Å². The number of nitrogens with one attached hydrogen (secondary N) is 1. The molecule has 29 heavy (non-hydrogen) atoms. The van der Waals surface area contributed by atoms with Gasteiger partial charge in [-0.15, -0.1) is 0 Å². The van der Waals surface area contributed by atoms with Crippen LogP contribution in [0, 0.1) is 13.8 Å². The Kier molecular flexibility index (Phi) is 6.27. The number of carbonyl (C=O) groups excluding carboxylic acids is 2. The summed E-state index contributed by atoms with van der Waals surface area (Å²) in [6.07, 6.45) is 1.82. The number of H-pyrrole nitrogens is 1.